The maximum absolute atomic E-state index is 15.0. The molecule has 2 aliphatic rings. The number of pyridine rings is 1. The molecule has 6 nitrogen and oxygen atoms in total. The molecule has 0 amide bonds. The first-order valence-corrected chi connectivity index (χ1v) is 14.8. The first-order chi connectivity index (χ1) is 19.7. The predicted molar refractivity (Wildman–Crippen MR) is 158 cm³/mol. The number of halogens is 1. The van der Waals surface area contributed by atoms with Gasteiger partial charge in [0.15, 0.2) is 0 Å². The number of benzene rings is 2. The Kier molecular flexibility index (Phi) is 8.64. The molecule has 1 saturated carbocycles. The Morgan fingerprint density at radius 2 is 1.90 bits per heavy atom. The lowest BCUT2D eigenvalue weighted by Crippen LogP contribution is -2.30. The van der Waals surface area contributed by atoms with Gasteiger partial charge in [-0.05, 0) is 91.8 Å². The number of nitrogens with zero attached hydrogens (tertiary/aromatic N) is 2. The fourth-order valence-corrected chi connectivity index (χ4v) is 6.23. The fraction of sp³-hybridized carbons (Fsp3) is 0.471. The van der Waals surface area contributed by atoms with E-state index in [1.54, 1.807) is 6.07 Å². The first-order valence-electron chi connectivity index (χ1n) is 14.8. The highest BCUT2D eigenvalue weighted by molar-refractivity contribution is 5.71. The Hall–Kier alpha value is -3.45. The molecule has 1 aliphatic carbocycles. The number of ether oxygens (including phenoxy) is 2. The smallest absolute Gasteiger partial charge is 0.306 e. The molecule has 1 N–H and O–H groups in total. The van der Waals surface area contributed by atoms with Crippen LogP contribution in [-0.4, -0.2) is 40.7 Å². The molecule has 0 saturated heterocycles. The van der Waals surface area contributed by atoms with Crippen LogP contribution in [0.2, 0.25) is 0 Å². The van der Waals surface area contributed by atoms with Gasteiger partial charge in [0, 0.05) is 24.2 Å². The summed E-state index contributed by atoms with van der Waals surface area (Å²) >= 11 is 0. The summed E-state index contributed by atoms with van der Waals surface area (Å²) in [6, 6.07) is 14.5. The standard InChI is InChI=1S/C34H41FN2O4/c1-6-37(20(2)3)19-26-15-24(11-13-27(26)28-17-32(40-5)36-18-29(28)35)30-14-12-22-7-10-25(16-31(22)41-30)33(23-8-9-23)21(4)34(38)39/h7,10-11,13,15-18,20-21,23,30,33H,6,8-9,12,14,19H2,1-5H3,(H,38,39)/t21-,30+,33-/m0/s1. The van der Waals surface area contributed by atoms with Crippen LogP contribution in [0.5, 0.6) is 11.6 Å². The minimum Gasteiger partial charge on any atom is -0.485 e. The summed E-state index contributed by atoms with van der Waals surface area (Å²) in [5.41, 5.74) is 5.57. The normalized spacial score (nSPS) is 18.1. The van der Waals surface area contributed by atoms with Crippen molar-refractivity contribution in [2.24, 2.45) is 11.8 Å². The van der Waals surface area contributed by atoms with Gasteiger partial charge in [0.05, 0.1) is 19.2 Å². The molecule has 5 rings (SSSR count). The monoisotopic (exact) mass is 560 g/mol. The molecule has 0 spiro atoms. The number of carboxylic acid groups (broad SMARTS) is 1. The SMILES string of the molecule is CCN(Cc1cc([C@H]2CCc3ccc([C@H](C4CC4)[C@H](C)C(=O)O)cc3O2)ccc1-c1cc(OC)ncc1F)C(C)C. The number of aryl methyl sites for hydroxylation is 1. The summed E-state index contributed by atoms with van der Waals surface area (Å²) in [7, 11) is 1.53. The van der Waals surface area contributed by atoms with E-state index in [1.807, 2.05) is 19.1 Å². The summed E-state index contributed by atoms with van der Waals surface area (Å²) < 4.78 is 27.0. The van der Waals surface area contributed by atoms with Crippen molar-refractivity contribution < 1.29 is 23.8 Å². The van der Waals surface area contributed by atoms with E-state index in [2.05, 4.69) is 54.9 Å². The van der Waals surface area contributed by atoms with E-state index < -0.39 is 11.9 Å². The van der Waals surface area contributed by atoms with Crippen LogP contribution < -0.4 is 9.47 Å². The number of carbonyl (C=O) groups is 1. The molecule has 218 valence electrons. The van der Waals surface area contributed by atoms with Gasteiger partial charge in [-0.2, -0.15) is 0 Å². The van der Waals surface area contributed by atoms with Gasteiger partial charge in [0.2, 0.25) is 5.88 Å². The van der Waals surface area contributed by atoms with Crippen molar-refractivity contribution in [1.82, 2.24) is 9.88 Å². The molecule has 1 fully saturated rings. The highest BCUT2D eigenvalue weighted by atomic mass is 19.1. The van der Waals surface area contributed by atoms with E-state index in [1.165, 1.54) is 13.3 Å². The van der Waals surface area contributed by atoms with E-state index in [9.17, 15) is 9.90 Å². The Balaban J connectivity index is 1.48. The number of carboxylic acids is 1. The number of fused-ring (bicyclic) bond motifs is 1. The molecule has 3 aromatic rings. The van der Waals surface area contributed by atoms with Crippen molar-refractivity contribution in [3.05, 3.63) is 76.7 Å². The van der Waals surface area contributed by atoms with Gasteiger partial charge in [-0.1, -0.05) is 44.2 Å². The van der Waals surface area contributed by atoms with Gasteiger partial charge in [-0.15, -0.1) is 0 Å². The third-order valence-electron chi connectivity index (χ3n) is 8.82. The minimum absolute atomic E-state index is 0.00373. The molecule has 2 heterocycles. The summed E-state index contributed by atoms with van der Waals surface area (Å²) in [5, 5.41) is 9.74. The minimum atomic E-state index is -0.753. The summed E-state index contributed by atoms with van der Waals surface area (Å²) in [6.45, 7) is 9.83. The van der Waals surface area contributed by atoms with Gasteiger partial charge < -0.3 is 14.6 Å². The zero-order chi connectivity index (χ0) is 29.3. The van der Waals surface area contributed by atoms with Crippen molar-refractivity contribution in [2.75, 3.05) is 13.7 Å². The van der Waals surface area contributed by atoms with E-state index in [4.69, 9.17) is 9.47 Å². The highest BCUT2D eigenvalue weighted by Gasteiger charge is 2.39. The quantitative estimate of drug-likeness (QED) is 0.263. The zero-order valence-corrected chi connectivity index (χ0v) is 24.7. The molecule has 2 aromatic carbocycles. The summed E-state index contributed by atoms with van der Waals surface area (Å²) in [5.74, 6) is 0.0525. The number of rotatable bonds is 11. The number of aliphatic carboxylic acids is 1. The van der Waals surface area contributed by atoms with Crippen LogP contribution in [0.3, 0.4) is 0 Å². The van der Waals surface area contributed by atoms with Crippen LogP contribution in [-0.2, 0) is 17.8 Å². The maximum Gasteiger partial charge on any atom is 0.306 e. The van der Waals surface area contributed by atoms with Crippen molar-refractivity contribution in [3.8, 4) is 22.8 Å². The largest absolute Gasteiger partial charge is 0.485 e. The summed E-state index contributed by atoms with van der Waals surface area (Å²) in [6.07, 6.45) is 4.93. The van der Waals surface area contributed by atoms with Gasteiger partial charge in [-0.3, -0.25) is 9.69 Å². The molecule has 3 atom stereocenters. The Labute approximate surface area is 242 Å². The molecule has 0 unspecified atom stereocenters. The zero-order valence-electron chi connectivity index (χ0n) is 24.7. The van der Waals surface area contributed by atoms with Gasteiger partial charge in [-0.25, -0.2) is 9.37 Å². The maximum atomic E-state index is 15.0. The van der Waals surface area contributed by atoms with E-state index in [0.717, 1.165) is 65.8 Å². The molecular weight excluding hydrogens is 519 g/mol. The average molecular weight is 561 g/mol. The Morgan fingerprint density at radius 3 is 2.56 bits per heavy atom. The number of aromatic nitrogens is 1. The van der Waals surface area contributed by atoms with Gasteiger partial charge in [0.1, 0.15) is 17.7 Å². The highest BCUT2D eigenvalue weighted by Crippen LogP contribution is 2.48. The number of hydrogen-bond donors (Lipinski definition) is 1. The van der Waals surface area contributed by atoms with Crippen LogP contribution in [0.25, 0.3) is 11.1 Å². The second-order valence-electron chi connectivity index (χ2n) is 11.8. The second-order valence-corrected chi connectivity index (χ2v) is 11.8. The number of hydrogen-bond acceptors (Lipinski definition) is 5. The van der Waals surface area contributed by atoms with Crippen molar-refractivity contribution >= 4 is 5.97 Å². The Morgan fingerprint density at radius 1 is 1.12 bits per heavy atom. The van der Waals surface area contributed by atoms with Gasteiger partial charge in [0.25, 0.3) is 0 Å². The van der Waals surface area contributed by atoms with Gasteiger partial charge >= 0.3 is 5.97 Å². The van der Waals surface area contributed by atoms with Crippen LogP contribution in [0.15, 0.2) is 48.7 Å². The molecule has 1 aromatic heterocycles. The van der Waals surface area contributed by atoms with Crippen LogP contribution in [0, 0.1) is 17.7 Å². The molecule has 1 aliphatic heterocycles. The lowest BCUT2D eigenvalue weighted by molar-refractivity contribution is -0.142. The Bertz CT molecular complexity index is 1400. The van der Waals surface area contributed by atoms with Crippen molar-refractivity contribution in [1.29, 1.82) is 0 Å². The van der Waals surface area contributed by atoms with Crippen molar-refractivity contribution in [3.63, 3.8) is 0 Å². The molecule has 7 heteroatoms. The lowest BCUT2D eigenvalue weighted by Gasteiger charge is -2.30. The fourth-order valence-electron chi connectivity index (χ4n) is 6.23. The average Bonchev–Trinajstić information content (AvgIpc) is 3.81. The third kappa shape index (κ3) is 6.25. The molecule has 0 radical (unpaired) electrons. The summed E-state index contributed by atoms with van der Waals surface area (Å²) in [4.78, 5) is 18.2. The predicted octanol–water partition coefficient (Wildman–Crippen LogP) is 7.41. The third-order valence-corrected chi connectivity index (χ3v) is 8.82. The number of methoxy groups -OCH3 is 1. The van der Waals surface area contributed by atoms with E-state index >= 15 is 4.39 Å². The van der Waals surface area contributed by atoms with Crippen LogP contribution in [0.4, 0.5) is 4.39 Å². The topological polar surface area (TPSA) is 71.9 Å². The first kappa shape index (κ1) is 29.1. The molecular formula is C34H41FN2O4. The van der Waals surface area contributed by atoms with E-state index in [-0.39, 0.29) is 17.8 Å². The van der Waals surface area contributed by atoms with Crippen LogP contribution >= 0.6 is 0 Å². The van der Waals surface area contributed by atoms with E-state index in [0.29, 0.717) is 29.9 Å². The van der Waals surface area contributed by atoms with Crippen molar-refractivity contribution in [2.45, 2.75) is 78.0 Å². The lowest BCUT2D eigenvalue weighted by atomic mass is 9.82. The molecule has 41 heavy (non-hydrogen) atoms. The van der Waals surface area contributed by atoms with Crippen LogP contribution in [0.1, 0.15) is 81.2 Å². The molecule has 0 bridgehead atoms. The second kappa shape index (κ2) is 12.2.